The predicted molar refractivity (Wildman–Crippen MR) is 256 cm³/mol. The molecular formula is C56H82N4O. The lowest BCUT2D eigenvalue weighted by Crippen LogP contribution is -2.28. The number of aromatic nitrogens is 4. The van der Waals surface area contributed by atoms with Crippen molar-refractivity contribution in [1.29, 1.82) is 0 Å². The summed E-state index contributed by atoms with van der Waals surface area (Å²) in [4.78, 5) is 19.4. The van der Waals surface area contributed by atoms with Crippen LogP contribution < -0.4 is 0 Å². The minimum Gasteiger partial charge on any atom is -0.365 e. The molecule has 2 aliphatic rings. The summed E-state index contributed by atoms with van der Waals surface area (Å²) in [5, 5.41) is 0. The van der Waals surface area contributed by atoms with Crippen LogP contribution in [0, 0.1) is 23.7 Å². The highest BCUT2D eigenvalue weighted by atomic mass is 16.5. The Balaban J connectivity index is 1.23. The van der Waals surface area contributed by atoms with Gasteiger partial charge in [0.05, 0.1) is 47.4 Å². The van der Waals surface area contributed by atoms with Crippen LogP contribution in [-0.2, 0) is 17.6 Å². The van der Waals surface area contributed by atoms with Crippen LogP contribution >= 0.6 is 0 Å². The minimum atomic E-state index is 0.0601. The summed E-state index contributed by atoms with van der Waals surface area (Å²) < 4.78 is 7.75. The van der Waals surface area contributed by atoms with Gasteiger partial charge in [0.15, 0.2) is 0 Å². The molecule has 0 radical (unpaired) electrons. The van der Waals surface area contributed by atoms with Crippen molar-refractivity contribution in [3.63, 3.8) is 0 Å². The van der Waals surface area contributed by atoms with Gasteiger partial charge in [0.2, 0.25) is 0 Å². The topological polar surface area (TPSA) is 60.8 Å². The number of nitrogens with zero attached hydrogens (tertiary/aromatic N) is 4. The number of rotatable bonds is 26. The maximum absolute atomic E-state index is 7.75. The predicted octanol–water partition coefficient (Wildman–Crippen LogP) is 16.4. The number of ether oxygens (including phenoxy) is 1. The molecule has 2 heterocycles. The molecule has 6 rings (SSSR count). The highest BCUT2D eigenvalue weighted by molar-refractivity contribution is 5.59. The number of benzene rings is 2. The van der Waals surface area contributed by atoms with Gasteiger partial charge in [-0.05, 0) is 86.2 Å². The highest BCUT2D eigenvalue weighted by Gasteiger charge is 2.36. The molecule has 0 saturated heterocycles. The molecule has 2 saturated carbocycles. The van der Waals surface area contributed by atoms with Crippen LogP contribution in [0.1, 0.15) is 217 Å². The van der Waals surface area contributed by atoms with Crippen molar-refractivity contribution in [3.05, 3.63) is 95.8 Å². The molecule has 61 heavy (non-hydrogen) atoms. The van der Waals surface area contributed by atoms with Crippen molar-refractivity contribution in [2.24, 2.45) is 23.7 Å². The van der Waals surface area contributed by atoms with Crippen LogP contribution in [0.3, 0.4) is 0 Å². The summed E-state index contributed by atoms with van der Waals surface area (Å²) in [6, 6.07) is 18.5. The lowest BCUT2D eigenvalue weighted by atomic mass is 9.74. The lowest BCUT2D eigenvalue weighted by Gasteiger charge is -2.40. The summed E-state index contributed by atoms with van der Waals surface area (Å²) in [6.07, 6.45) is 41.2. The average Bonchev–Trinajstić information content (AvgIpc) is 3.31. The van der Waals surface area contributed by atoms with E-state index in [1.165, 1.54) is 165 Å². The van der Waals surface area contributed by atoms with Crippen LogP contribution in [-0.4, -0.2) is 19.9 Å². The first kappa shape index (κ1) is 47.0. The first-order chi connectivity index (χ1) is 30.1. The van der Waals surface area contributed by atoms with Gasteiger partial charge in [-0.25, -0.2) is 0 Å². The molecular weight excluding hydrogens is 745 g/mol. The first-order valence-electron chi connectivity index (χ1n) is 25.6. The van der Waals surface area contributed by atoms with Gasteiger partial charge in [0.1, 0.15) is 0 Å². The van der Waals surface area contributed by atoms with E-state index in [-0.39, 0.29) is 12.2 Å². The van der Waals surface area contributed by atoms with Crippen molar-refractivity contribution >= 4 is 0 Å². The van der Waals surface area contributed by atoms with Crippen molar-refractivity contribution < 1.29 is 4.74 Å². The Morgan fingerprint density at radius 2 is 0.803 bits per heavy atom. The zero-order valence-electron chi connectivity index (χ0n) is 39.0. The Morgan fingerprint density at radius 1 is 0.426 bits per heavy atom. The molecule has 2 aromatic heterocycles. The van der Waals surface area contributed by atoms with Crippen LogP contribution in [0.4, 0.5) is 0 Å². The maximum atomic E-state index is 7.75. The van der Waals surface area contributed by atoms with Crippen LogP contribution in [0.25, 0.3) is 22.5 Å². The van der Waals surface area contributed by atoms with Crippen molar-refractivity contribution in [1.82, 2.24) is 19.9 Å². The number of aryl methyl sites for hydroxylation is 2. The van der Waals surface area contributed by atoms with E-state index in [4.69, 9.17) is 24.7 Å². The van der Waals surface area contributed by atoms with E-state index >= 15 is 0 Å². The number of hydrogen-bond acceptors (Lipinski definition) is 5. The van der Waals surface area contributed by atoms with Crippen LogP contribution in [0.5, 0.6) is 0 Å². The molecule has 0 aliphatic heterocycles. The smallest absolute Gasteiger partial charge is 0.0885 e. The molecule has 2 aliphatic carbocycles. The zero-order valence-corrected chi connectivity index (χ0v) is 39.0. The van der Waals surface area contributed by atoms with E-state index in [0.717, 1.165) is 58.6 Å². The Kier molecular flexibility index (Phi) is 20.2. The third kappa shape index (κ3) is 14.8. The van der Waals surface area contributed by atoms with Crippen molar-refractivity contribution in [3.8, 4) is 22.5 Å². The van der Waals surface area contributed by atoms with Gasteiger partial charge < -0.3 is 4.74 Å². The van der Waals surface area contributed by atoms with E-state index < -0.39 is 0 Å². The molecule has 2 aromatic carbocycles. The Morgan fingerprint density at radius 3 is 1.15 bits per heavy atom. The fraction of sp³-hybridized carbons (Fsp3) is 0.643. The molecule has 0 N–H and O–H groups in total. The third-order valence-corrected chi connectivity index (χ3v) is 14.4. The van der Waals surface area contributed by atoms with Crippen molar-refractivity contribution in [2.75, 3.05) is 0 Å². The third-order valence-electron chi connectivity index (χ3n) is 14.4. The fourth-order valence-corrected chi connectivity index (χ4v) is 10.4. The van der Waals surface area contributed by atoms with E-state index in [9.17, 15) is 0 Å². The second-order valence-corrected chi connectivity index (χ2v) is 19.2. The van der Waals surface area contributed by atoms with Crippen LogP contribution in [0.15, 0.2) is 73.3 Å². The molecule has 332 valence electrons. The van der Waals surface area contributed by atoms with E-state index in [1.54, 1.807) is 0 Å². The van der Waals surface area contributed by atoms with E-state index in [2.05, 4.69) is 76.2 Å². The molecule has 2 atom stereocenters. The molecule has 0 bridgehead atoms. The second kappa shape index (κ2) is 26.2. The largest absolute Gasteiger partial charge is 0.365 e. The summed E-state index contributed by atoms with van der Waals surface area (Å²) in [6.45, 7) is 9.17. The van der Waals surface area contributed by atoms with Gasteiger partial charge in [0.25, 0.3) is 0 Å². The highest BCUT2D eigenvalue weighted by Crippen LogP contribution is 2.47. The van der Waals surface area contributed by atoms with E-state index in [1.807, 2.05) is 24.8 Å². The Labute approximate surface area is 372 Å². The molecule has 5 heteroatoms. The summed E-state index contributed by atoms with van der Waals surface area (Å²) in [7, 11) is 0. The summed E-state index contributed by atoms with van der Waals surface area (Å²) in [5.41, 5.74) is 9.01. The fourth-order valence-electron chi connectivity index (χ4n) is 10.4. The van der Waals surface area contributed by atoms with Crippen LogP contribution in [0.2, 0.25) is 0 Å². The minimum absolute atomic E-state index is 0.0601. The quantitative estimate of drug-likeness (QED) is 0.0590. The second-order valence-electron chi connectivity index (χ2n) is 19.2. The standard InChI is InChI=1S/C56H82N4O/c1-5-9-13-17-21-51-39-59-53(41-57-51)45-31-35-49(36-32-45)55(47-27-23-43(24-28-47)19-15-11-7-3)61-56(48-29-25-44(26-30-48)20-16-12-8-4)50-37-33-46(34-38-50)54-42-58-52(40-60-54)22-18-14-10-6-2/h31-44,47-48,55-56H,5-30H2,1-4H3. The van der Waals surface area contributed by atoms with Gasteiger partial charge in [-0.3, -0.25) is 19.9 Å². The monoisotopic (exact) mass is 827 g/mol. The molecule has 0 amide bonds. The Hall–Kier alpha value is -3.44. The number of hydrogen-bond donors (Lipinski definition) is 0. The van der Waals surface area contributed by atoms with Gasteiger partial charge in [-0.15, -0.1) is 0 Å². The Bertz CT molecular complexity index is 1610. The zero-order chi connectivity index (χ0) is 42.5. The molecule has 4 aromatic rings. The van der Waals surface area contributed by atoms with Gasteiger partial charge in [-0.1, -0.05) is 192 Å². The molecule has 5 nitrogen and oxygen atoms in total. The average molecular weight is 827 g/mol. The van der Waals surface area contributed by atoms with Gasteiger partial charge >= 0.3 is 0 Å². The summed E-state index contributed by atoms with van der Waals surface area (Å²) in [5.74, 6) is 2.76. The summed E-state index contributed by atoms with van der Waals surface area (Å²) >= 11 is 0. The number of unbranched alkanes of at least 4 members (excludes halogenated alkanes) is 10. The first-order valence-corrected chi connectivity index (χ1v) is 25.6. The normalized spacial score (nSPS) is 20.4. The van der Waals surface area contributed by atoms with Gasteiger partial charge in [0, 0.05) is 23.5 Å². The van der Waals surface area contributed by atoms with E-state index in [0.29, 0.717) is 11.8 Å². The molecule has 0 spiro atoms. The molecule has 2 unspecified atom stereocenters. The van der Waals surface area contributed by atoms with Crippen molar-refractivity contribution in [2.45, 2.75) is 207 Å². The van der Waals surface area contributed by atoms with Gasteiger partial charge in [-0.2, -0.15) is 0 Å². The maximum Gasteiger partial charge on any atom is 0.0885 e. The molecule has 2 fully saturated rings. The lowest BCUT2D eigenvalue weighted by molar-refractivity contribution is -0.0907. The SMILES string of the molecule is CCCCCCc1cnc(-c2ccc(C(OC(c3ccc(-c4cnc(CCCCCC)cn4)cc3)C3CCC(CCCCC)CC3)C3CCC(CCCCC)CC3)cc2)cn1.